The molecular formula is C35H41FO2. The van der Waals surface area contributed by atoms with Gasteiger partial charge in [0.25, 0.3) is 0 Å². The molecule has 0 aliphatic rings. The van der Waals surface area contributed by atoms with Gasteiger partial charge in [0.05, 0.1) is 6.61 Å². The van der Waals surface area contributed by atoms with Crippen molar-refractivity contribution in [1.82, 2.24) is 0 Å². The van der Waals surface area contributed by atoms with E-state index in [9.17, 15) is 9.18 Å². The van der Waals surface area contributed by atoms with Crippen LogP contribution in [0.5, 0.6) is 5.75 Å². The number of ketones is 1. The van der Waals surface area contributed by atoms with Crippen LogP contribution < -0.4 is 4.74 Å². The Kier molecular flexibility index (Phi) is 13.1. The number of benzene rings is 3. The third kappa shape index (κ3) is 11.3. The Morgan fingerprint density at radius 3 is 1.84 bits per heavy atom. The molecule has 3 rings (SSSR count). The van der Waals surface area contributed by atoms with Crippen molar-refractivity contribution < 1.29 is 13.9 Å². The number of carbonyl (C=O) groups excluding carboxylic acids is 1. The highest BCUT2D eigenvalue weighted by molar-refractivity contribution is 6.06. The zero-order valence-corrected chi connectivity index (χ0v) is 22.5. The third-order valence-corrected chi connectivity index (χ3v) is 6.78. The summed E-state index contributed by atoms with van der Waals surface area (Å²) in [7, 11) is 0. The first-order chi connectivity index (χ1) is 18.6. The van der Waals surface area contributed by atoms with E-state index >= 15 is 0 Å². The topological polar surface area (TPSA) is 26.3 Å². The van der Waals surface area contributed by atoms with Crippen LogP contribution in [0.4, 0.5) is 4.39 Å². The molecule has 38 heavy (non-hydrogen) atoms. The molecule has 3 aromatic rings. The summed E-state index contributed by atoms with van der Waals surface area (Å²) >= 11 is 0. The van der Waals surface area contributed by atoms with E-state index < -0.39 is 0 Å². The number of aryl methyl sites for hydroxylation is 1. The molecular weight excluding hydrogens is 471 g/mol. The molecule has 0 bridgehead atoms. The summed E-state index contributed by atoms with van der Waals surface area (Å²) in [5.74, 6) is 0.355. The fourth-order valence-corrected chi connectivity index (χ4v) is 4.41. The van der Waals surface area contributed by atoms with Crippen LogP contribution in [0.25, 0.3) is 12.2 Å². The molecule has 0 heterocycles. The first kappa shape index (κ1) is 29.1. The van der Waals surface area contributed by atoms with Crippen LogP contribution in [-0.4, -0.2) is 12.4 Å². The normalized spacial score (nSPS) is 11.1. The molecule has 0 spiro atoms. The summed E-state index contributed by atoms with van der Waals surface area (Å²) in [5, 5.41) is 0. The lowest BCUT2D eigenvalue weighted by Gasteiger charge is -2.07. The van der Waals surface area contributed by atoms with E-state index in [1.165, 1.54) is 106 Å². The van der Waals surface area contributed by atoms with Gasteiger partial charge in [-0.25, -0.2) is 4.39 Å². The second-order valence-electron chi connectivity index (χ2n) is 9.85. The summed E-state index contributed by atoms with van der Waals surface area (Å²) < 4.78 is 18.8. The van der Waals surface area contributed by atoms with Gasteiger partial charge in [0, 0.05) is 5.56 Å². The number of allylic oxidation sites excluding steroid dienone is 1. The summed E-state index contributed by atoms with van der Waals surface area (Å²) in [5.41, 5.74) is 4.02. The average Bonchev–Trinajstić information content (AvgIpc) is 2.95. The Bertz CT molecular complexity index is 1110. The lowest BCUT2D eigenvalue weighted by Crippen LogP contribution is -1.97. The van der Waals surface area contributed by atoms with E-state index in [-0.39, 0.29) is 11.6 Å². The zero-order chi connectivity index (χ0) is 26.8. The molecule has 0 aliphatic carbocycles. The van der Waals surface area contributed by atoms with Crippen molar-refractivity contribution in [3.63, 3.8) is 0 Å². The Balaban J connectivity index is 1.15. The van der Waals surface area contributed by atoms with Crippen LogP contribution in [0.3, 0.4) is 0 Å². The van der Waals surface area contributed by atoms with Crippen molar-refractivity contribution in [1.29, 1.82) is 0 Å². The van der Waals surface area contributed by atoms with Crippen LogP contribution in [0.2, 0.25) is 0 Å². The van der Waals surface area contributed by atoms with Crippen LogP contribution in [-0.2, 0) is 6.42 Å². The van der Waals surface area contributed by atoms with Gasteiger partial charge in [-0.05, 0) is 78.4 Å². The number of unbranched alkanes of at least 4 members (excludes halogenated alkanes) is 9. The number of halogens is 1. The van der Waals surface area contributed by atoms with E-state index in [0.29, 0.717) is 5.56 Å². The molecule has 2 nitrogen and oxygen atoms in total. The van der Waals surface area contributed by atoms with Gasteiger partial charge in [0.15, 0.2) is 5.78 Å². The van der Waals surface area contributed by atoms with Crippen molar-refractivity contribution in [3.8, 4) is 5.75 Å². The molecule has 0 aromatic heterocycles. The standard InChI is InChI=1S/C35H41FO2/c1-2-29-14-16-30(17-15-29)13-11-9-7-5-3-4-6-8-10-12-28-38-34-25-18-31(19-26-34)20-27-35(37)32-21-23-33(36)24-22-32/h2,14-27H,1,3-13,28H2. The van der Waals surface area contributed by atoms with Crippen LogP contribution >= 0.6 is 0 Å². The number of carbonyl (C=O) groups is 1. The summed E-state index contributed by atoms with van der Waals surface area (Å²) in [4.78, 5) is 12.2. The van der Waals surface area contributed by atoms with Crippen molar-refractivity contribution in [2.45, 2.75) is 70.6 Å². The lowest BCUT2D eigenvalue weighted by atomic mass is 10.0. The number of hydrogen-bond donors (Lipinski definition) is 0. The third-order valence-electron chi connectivity index (χ3n) is 6.78. The second-order valence-corrected chi connectivity index (χ2v) is 9.85. The van der Waals surface area contributed by atoms with Crippen LogP contribution in [0, 0.1) is 5.82 Å². The minimum atomic E-state index is -0.347. The van der Waals surface area contributed by atoms with Gasteiger partial charge in [0.2, 0.25) is 0 Å². The first-order valence-corrected chi connectivity index (χ1v) is 14.1. The summed E-state index contributed by atoms with van der Waals surface area (Å²) in [6, 6.07) is 22.1. The van der Waals surface area contributed by atoms with Crippen LogP contribution in [0.1, 0.15) is 91.3 Å². The molecule has 0 atom stereocenters. The number of ether oxygens (including phenoxy) is 1. The van der Waals surface area contributed by atoms with Gasteiger partial charge in [-0.3, -0.25) is 4.79 Å². The maximum Gasteiger partial charge on any atom is 0.185 e. The van der Waals surface area contributed by atoms with Crippen LogP contribution in [0.15, 0.2) is 85.5 Å². The number of hydrogen-bond acceptors (Lipinski definition) is 2. The van der Waals surface area contributed by atoms with Gasteiger partial charge in [-0.15, -0.1) is 0 Å². The second kappa shape index (κ2) is 17.1. The van der Waals surface area contributed by atoms with Gasteiger partial charge >= 0.3 is 0 Å². The molecule has 0 aliphatic heterocycles. The molecule has 0 unspecified atom stereocenters. The summed E-state index contributed by atoms with van der Waals surface area (Å²) in [6.45, 7) is 4.54. The molecule has 0 saturated carbocycles. The highest BCUT2D eigenvalue weighted by Crippen LogP contribution is 2.16. The quantitative estimate of drug-likeness (QED) is 0.0963. The molecule has 3 aromatic carbocycles. The molecule has 0 fully saturated rings. The van der Waals surface area contributed by atoms with Gasteiger partial charge < -0.3 is 4.74 Å². The molecule has 3 heteroatoms. The SMILES string of the molecule is C=Cc1ccc(CCCCCCCCCCCCOc2ccc(C=CC(=O)c3ccc(F)cc3)cc2)cc1. The smallest absolute Gasteiger partial charge is 0.185 e. The molecule has 0 N–H and O–H groups in total. The minimum Gasteiger partial charge on any atom is -0.494 e. The Labute approximate surface area is 228 Å². The lowest BCUT2D eigenvalue weighted by molar-refractivity contribution is 0.104. The maximum absolute atomic E-state index is 13.0. The monoisotopic (exact) mass is 512 g/mol. The van der Waals surface area contributed by atoms with E-state index in [1.54, 1.807) is 6.08 Å². The van der Waals surface area contributed by atoms with Crippen molar-refractivity contribution in [2.75, 3.05) is 6.61 Å². The van der Waals surface area contributed by atoms with E-state index in [4.69, 9.17) is 4.74 Å². The molecule has 0 saturated heterocycles. The van der Waals surface area contributed by atoms with Gasteiger partial charge in [-0.1, -0.05) is 106 Å². The Morgan fingerprint density at radius 2 is 1.24 bits per heavy atom. The molecule has 200 valence electrons. The average molecular weight is 513 g/mol. The zero-order valence-electron chi connectivity index (χ0n) is 22.5. The summed E-state index contributed by atoms with van der Waals surface area (Å²) in [6.07, 6.45) is 19.2. The first-order valence-electron chi connectivity index (χ1n) is 14.1. The Hall–Kier alpha value is -3.46. The largest absolute Gasteiger partial charge is 0.494 e. The van der Waals surface area contributed by atoms with Crippen molar-refractivity contribution in [2.24, 2.45) is 0 Å². The predicted octanol–water partition coefficient (Wildman–Crippen LogP) is 9.89. The van der Waals surface area contributed by atoms with Crippen molar-refractivity contribution in [3.05, 3.63) is 114 Å². The minimum absolute atomic E-state index is 0.146. The van der Waals surface area contributed by atoms with E-state index in [0.717, 1.165) is 24.3 Å². The van der Waals surface area contributed by atoms with E-state index in [2.05, 4.69) is 30.8 Å². The Morgan fingerprint density at radius 1 is 0.684 bits per heavy atom. The van der Waals surface area contributed by atoms with Gasteiger partial charge in [-0.2, -0.15) is 0 Å². The highest BCUT2D eigenvalue weighted by Gasteiger charge is 2.02. The van der Waals surface area contributed by atoms with E-state index in [1.807, 2.05) is 30.3 Å². The molecule has 0 radical (unpaired) electrons. The fraction of sp³-hybridized carbons (Fsp3) is 0.343. The molecule has 0 amide bonds. The maximum atomic E-state index is 13.0. The van der Waals surface area contributed by atoms with Gasteiger partial charge in [0.1, 0.15) is 11.6 Å². The number of rotatable bonds is 18. The fourth-order valence-electron chi connectivity index (χ4n) is 4.41. The van der Waals surface area contributed by atoms with Crippen molar-refractivity contribution >= 4 is 17.9 Å². The predicted molar refractivity (Wildman–Crippen MR) is 158 cm³/mol. The highest BCUT2D eigenvalue weighted by atomic mass is 19.1.